The third-order valence-corrected chi connectivity index (χ3v) is 7.80. The molecule has 29 heavy (non-hydrogen) atoms. The first-order chi connectivity index (χ1) is 14.1. The summed E-state index contributed by atoms with van der Waals surface area (Å²) in [5.74, 6) is 1.28. The van der Waals surface area contributed by atoms with Gasteiger partial charge in [-0.05, 0) is 82.7 Å². The van der Waals surface area contributed by atoms with Crippen molar-refractivity contribution in [2.75, 3.05) is 32.8 Å². The summed E-state index contributed by atoms with van der Waals surface area (Å²) in [6.07, 6.45) is 6.41. The largest absolute Gasteiger partial charge is 0.492 e. The molecule has 3 atom stereocenters. The molecule has 1 aromatic carbocycles. The minimum absolute atomic E-state index is 0.0315. The maximum absolute atomic E-state index is 13.8. The molecule has 3 fully saturated rings. The Bertz CT molecular complexity index is 777. The predicted octanol–water partition coefficient (Wildman–Crippen LogP) is 3.95. The molecule has 0 aromatic heterocycles. The lowest BCUT2D eigenvalue weighted by atomic mass is 9.74. The van der Waals surface area contributed by atoms with Crippen molar-refractivity contribution in [2.24, 2.45) is 5.92 Å². The van der Waals surface area contributed by atoms with Gasteiger partial charge in [0, 0.05) is 29.6 Å². The summed E-state index contributed by atoms with van der Waals surface area (Å²) in [4.78, 5) is 17.0. The highest BCUT2D eigenvalue weighted by Crippen LogP contribution is 2.47. The number of benzene rings is 1. The zero-order chi connectivity index (χ0) is 20.0. The van der Waals surface area contributed by atoms with Crippen LogP contribution >= 0.6 is 0 Å². The van der Waals surface area contributed by atoms with E-state index in [1.165, 1.54) is 18.9 Å². The van der Waals surface area contributed by atoms with Crippen LogP contribution in [-0.2, 0) is 10.2 Å². The smallest absolute Gasteiger partial charge is 0.410 e. The van der Waals surface area contributed by atoms with E-state index in [1.54, 1.807) is 12.1 Å². The fourth-order valence-electron chi connectivity index (χ4n) is 6.25. The molecule has 5 rings (SSSR count). The number of halogens is 1. The molecule has 158 valence electrons. The van der Waals surface area contributed by atoms with Gasteiger partial charge in [-0.1, -0.05) is 0 Å². The molecule has 1 aromatic rings. The van der Waals surface area contributed by atoms with Gasteiger partial charge in [-0.3, -0.25) is 0 Å². The van der Waals surface area contributed by atoms with Gasteiger partial charge in [-0.25, -0.2) is 9.18 Å². The van der Waals surface area contributed by atoms with Crippen LogP contribution in [-0.4, -0.2) is 60.8 Å². The number of carbonyl (C=O) groups is 1. The molecule has 1 amide bonds. The van der Waals surface area contributed by atoms with E-state index in [-0.39, 0.29) is 17.3 Å². The number of hydrogen-bond acceptors (Lipinski definition) is 4. The monoisotopic (exact) mass is 402 g/mol. The number of hydrogen-bond donors (Lipinski definition) is 0. The van der Waals surface area contributed by atoms with Gasteiger partial charge in [0.25, 0.3) is 0 Å². The second kappa shape index (κ2) is 7.46. The number of amides is 1. The van der Waals surface area contributed by atoms with Gasteiger partial charge in [0.05, 0.1) is 13.2 Å². The minimum Gasteiger partial charge on any atom is -0.492 e. The molecule has 4 aliphatic rings. The Balaban J connectivity index is 1.25. The Labute approximate surface area is 172 Å². The van der Waals surface area contributed by atoms with Crippen molar-refractivity contribution >= 4 is 6.09 Å². The first-order valence-electron chi connectivity index (χ1n) is 11.2. The van der Waals surface area contributed by atoms with Crippen LogP contribution in [0.3, 0.4) is 0 Å². The quantitative estimate of drug-likeness (QED) is 0.751. The molecule has 1 aliphatic carbocycles. The Hall–Kier alpha value is -1.82. The van der Waals surface area contributed by atoms with Crippen molar-refractivity contribution in [2.45, 2.75) is 62.9 Å². The summed E-state index contributed by atoms with van der Waals surface area (Å²) in [5, 5.41) is 0. The Kier molecular flexibility index (Phi) is 4.93. The average molecular weight is 403 g/mol. The zero-order valence-electron chi connectivity index (χ0n) is 17.2. The zero-order valence-corrected chi connectivity index (χ0v) is 17.2. The van der Waals surface area contributed by atoms with Crippen LogP contribution in [0.15, 0.2) is 18.2 Å². The number of carbonyl (C=O) groups excluding carboxylic acids is 1. The van der Waals surface area contributed by atoms with Crippen molar-refractivity contribution in [1.82, 2.24) is 9.80 Å². The predicted molar refractivity (Wildman–Crippen MR) is 108 cm³/mol. The van der Waals surface area contributed by atoms with Crippen LogP contribution in [0.4, 0.5) is 9.18 Å². The van der Waals surface area contributed by atoms with E-state index in [1.807, 2.05) is 11.8 Å². The lowest BCUT2D eigenvalue weighted by Crippen LogP contribution is -2.48. The van der Waals surface area contributed by atoms with Gasteiger partial charge in [0.2, 0.25) is 0 Å². The lowest BCUT2D eigenvalue weighted by molar-refractivity contribution is 0.0630. The third kappa shape index (κ3) is 3.29. The SMILES string of the molecule is CCOC(=O)N1CCCC2CC(N3CCC4(CC3)COc3ccc(F)cc34)CC21. The fraction of sp³-hybridized carbons (Fsp3) is 0.696. The van der Waals surface area contributed by atoms with E-state index in [4.69, 9.17) is 9.47 Å². The third-order valence-electron chi connectivity index (χ3n) is 7.80. The molecule has 0 bridgehead atoms. The van der Waals surface area contributed by atoms with Crippen molar-refractivity contribution in [3.8, 4) is 5.75 Å². The number of ether oxygens (including phenoxy) is 2. The van der Waals surface area contributed by atoms with Crippen LogP contribution in [0.25, 0.3) is 0 Å². The average Bonchev–Trinajstić information content (AvgIpc) is 3.31. The highest BCUT2D eigenvalue weighted by Gasteiger charge is 2.48. The molecule has 1 saturated carbocycles. The molecule has 3 aliphatic heterocycles. The van der Waals surface area contributed by atoms with Crippen molar-refractivity contribution < 1.29 is 18.7 Å². The number of likely N-dealkylation sites (tertiary alicyclic amines) is 2. The van der Waals surface area contributed by atoms with Crippen LogP contribution in [0.1, 0.15) is 51.0 Å². The molecule has 5 nitrogen and oxygen atoms in total. The number of nitrogens with zero attached hydrogens (tertiary/aromatic N) is 2. The van der Waals surface area contributed by atoms with E-state index < -0.39 is 0 Å². The van der Waals surface area contributed by atoms with E-state index in [0.29, 0.717) is 31.2 Å². The van der Waals surface area contributed by atoms with Gasteiger partial charge in [-0.15, -0.1) is 0 Å². The van der Waals surface area contributed by atoms with E-state index >= 15 is 0 Å². The standard InChI is InChI=1S/C23H31FN2O3/c1-2-28-22(27)26-9-3-4-16-12-18(14-20(16)26)25-10-7-23(8-11-25)15-29-21-6-5-17(24)13-19(21)23/h5-6,13,16,18,20H,2-4,7-12,14-15H2,1H3. The molecule has 3 heterocycles. The Morgan fingerprint density at radius 1 is 1.28 bits per heavy atom. The molecule has 1 spiro atoms. The van der Waals surface area contributed by atoms with Gasteiger partial charge in [0.15, 0.2) is 0 Å². The van der Waals surface area contributed by atoms with Crippen LogP contribution < -0.4 is 4.74 Å². The summed E-state index contributed by atoms with van der Waals surface area (Å²) in [6.45, 7) is 5.85. The van der Waals surface area contributed by atoms with Crippen molar-refractivity contribution in [3.05, 3.63) is 29.6 Å². The molecule has 0 radical (unpaired) electrons. The maximum Gasteiger partial charge on any atom is 0.410 e. The van der Waals surface area contributed by atoms with Gasteiger partial charge in [-0.2, -0.15) is 0 Å². The van der Waals surface area contributed by atoms with Crippen LogP contribution in [0.5, 0.6) is 5.75 Å². The highest BCUT2D eigenvalue weighted by molar-refractivity contribution is 5.68. The summed E-state index contributed by atoms with van der Waals surface area (Å²) in [6, 6.07) is 5.80. The maximum atomic E-state index is 13.8. The topological polar surface area (TPSA) is 42.0 Å². The molecule has 0 N–H and O–H groups in total. The molecular weight excluding hydrogens is 371 g/mol. The summed E-state index contributed by atoms with van der Waals surface area (Å²) >= 11 is 0. The van der Waals surface area contributed by atoms with Gasteiger partial charge < -0.3 is 19.3 Å². The van der Waals surface area contributed by atoms with Crippen molar-refractivity contribution in [1.29, 1.82) is 0 Å². The van der Waals surface area contributed by atoms with Crippen LogP contribution in [0.2, 0.25) is 0 Å². The van der Waals surface area contributed by atoms with Gasteiger partial charge in [0.1, 0.15) is 11.6 Å². The van der Waals surface area contributed by atoms with E-state index in [0.717, 1.165) is 56.6 Å². The number of fused-ring (bicyclic) bond motifs is 3. The molecule has 6 heteroatoms. The second-order valence-corrected chi connectivity index (χ2v) is 9.23. The van der Waals surface area contributed by atoms with E-state index in [2.05, 4.69) is 4.90 Å². The lowest BCUT2D eigenvalue weighted by Gasteiger charge is -2.41. The highest BCUT2D eigenvalue weighted by atomic mass is 19.1. The number of piperidine rings is 2. The summed E-state index contributed by atoms with van der Waals surface area (Å²) in [5.41, 5.74) is 1.03. The minimum atomic E-state index is -0.171. The Morgan fingerprint density at radius 2 is 2.10 bits per heavy atom. The second-order valence-electron chi connectivity index (χ2n) is 9.23. The summed E-state index contributed by atoms with van der Waals surface area (Å²) in [7, 11) is 0. The first kappa shape index (κ1) is 19.2. The van der Waals surface area contributed by atoms with Crippen molar-refractivity contribution in [3.63, 3.8) is 0 Å². The first-order valence-corrected chi connectivity index (χ1v) is 11.2. The van der Waals surface area contributed by atoms with Gasteiger partial charge >= 0.3 is 6.09 Å². The summed E-state index contributed by atoms with van der Waals surface area (Å²) < 4.78 is 25.1. The van der Waals surface area contributed by atoms with E-state index in [9.17, 15) is 9.18 Å². The normalized spacial score (nSPS) is 30.7. The fourth-order valence-corrected chi connectivity index (χ4v) is 6.25. The number of rotatable bonds is 2. The van der Waals surface area contributed by atoms with Crippen LogP contribution in [0, 0.1) is 11.7 Å². The Morgan fingerprint density at radius 3 is 2.90 bits per heavy atom. The molecule has 3 unspecified atom stereocenters. The molecule has 2 saturated heterocycles. The molecular formula is C23H31FN2O3.